The van der Waals surface area contributed by atoms with Crippen LogP contribution in [0.15, 0.2) is 34.0 Å². The molecule has 2 rings (SSSR count). The SMILES string of the molecule is Cc1cnc(SCC(=O)O)n1-c1ccc(F)cc1Br. The van der Waals surface area contributed by atoms with Crippen molar-refractivity contribution in [2.45, 2.75) is 12.1 Å². The maximum atomic E-state index is 13.1. The topological polar surface area (TPSA) is 55.1 Å². The Labute approximate surface area is 121 Å². The number of thioether (sulfide) groups is 1. The molecule has 0 saturated carbocycles. The van der Waals surface area contributed by atoms with E-state index in [9.17, 15) is 9.18 Å². The normalized spacial score (nSPS) is 10.7. The molecule has 0 aliphatic rings. The average Bonchev–Trinajstić information content (AvgIpc) is 2.68. The van der Waals surface area contributed by atoms with Gasteiger partial charge in [-0.1, -0.05) is 11.8 Å². The predicted octanol–water partition coefficient (Wildman–Crippen LogP) is 3.26. The molecule has 4 nitrogen and oxygen atoms in total. The van der Waals surface area contributed by atoms with E-state index in [4.69, 9.17) is 5.11 Å². The lowest BCUT2D eigenvalue weighted by molar-refractivity contribution is -0.133. The van der Waals surface area contributed by atoms with Crippen molar-refractivity contribution in [1.82, 2.24) is 9.55 Å². The number of aryl methyl sites for hydroxylation is 1. The fourth-order valence-electron chi connectivity index (χ4n) is 1.60. The van der Waals surface area contributed by atoms with Gasteiger partial charge in [-0.2, -0.15) is 0 Å². The van der Waals surface area contributed by atoms with E-state index >= 15 is 0 Å². The number of halogens is 2. The lowest BCUT2D eigenvalue weighted by Gasteiger charge is -2.11. The van der Waals surface area contributed by atoms with E-state index in [0.29, 0.717) is 9.63 Å². The standard InChI is InChI=1S/C12H10BrFN2O2S/c1-7-5-15-12(19-6-11(17)18)16(7)10-3-2-8(14)4-9(10)13/h2-5H,6H2,1H3,(H,17,18). The molecule has 1 heterocycles. The van der Waals surface area contributed by atoms with Gasteiger partial charge in [-0.15, -0.1) is 0 Å². The summed E-state index contributed by atoms with van der Waals surface area (Å²) in [6.45, 7) is 1.85. The van der Waals surface area contributed by atoms with Crippen LogP contribution < -0.4 is 0 Å². The zero-order valence-electron chi connectivity index (χ0n) is 9.93. The van der Waals surface area contributed by atoms with Gasteiger partial charge >= 0.3 is 5.97 Å². The number of rotatable bonds is 4. The fraction of sp³-hybridized carbons (Fsp3) is 0.167. The monoisotopic (exact) mass is 344 g/mol. The molecule has 100 valence electrons. The van der Waals surface area contributed by atoms with E-state index in [1.54, 1.807) is 16.8 Å². The first-order valence-corrected chi connectivity index (χ1v) is 7.11. The third-order valence-electron chi connectivity index (χ3n) is 2.38. The minimum Gasteiger partial charge on any atom is -0.481 e. The number of imidazole rings is 1. The first kappa shape index (κ1) is 14.1. The molecule has 0 unspecified atom stereocenters. The van der Waals surface area contributed by atoms with Gasteiger partial charge in [0.15, 0.2) is 5.16 Å². The molecule has 0 bridgehead atoms. The number of hydrogen-bond donors (Lipinski definition) is 1. The van der Waals surface area contributed by atoms with Crippen molar-refractivity contribution in [2.24, 2.45) is 0 Å². The van der Waals surface area contributed by atoms with Crippen LogP contribution >= 0.6 is 27.7 Å². The largest absolute Gasteiger partial charge is 0.481 e. The zero-order valence-corrected chi connectivity index (χ0v) is 12.3. The molecule has 19 heavy (non-hydrogen) atoms. The number of aliphatic carboxylic acids is 1. The maximum absolute atomic E-state index is 13.1. The number of carboxylic acid groups (broad SMARTS) is 1. The molecule has 1 aromatic carbocycles. The van der Waals surface area contributed by atoms with E-state index in [2.05, 4.69) is 20.9 Å². The summed E-state index contributed by atoms with van der Waals surface area (Å²) < 4.78 is 15.5. The first-order valence-electron chi connectivity index (χ1n) is 5.33. The summed E-state index contributed by atoms with van der Waals surface area (Å²) in [5, 5.41) is 9.28. The summed E-state index contributed by atoms with van der Waals surface area (Å²) in [6, 6.07) is 4.34. The molecular weight excluding hydrogens is 335 g/mol. The third-order valence-corrected chi connectivity index (χ3v) is 3.95. The smallest absolute Gasteiger partial charge is 0.313 e. The second-order valence-electron chi connectivity index (χ2n) is 3.80. The highest BCUT2D eigenvalue weighted by atomic mass is 79.9. The van der Waals surface area contributed by atoms with E-state index in [1.807, 2.05) is 6.92 Å². The Balaban J connectivity index is 2.43. The van der Waals surface area contributed by atoms with Crippen molar-refractivity contribution < 1.29 is 14.3 Å². The molecule has 0 radical (unpaired) electrons. The average molecular weight is 345 g/mol. The Morgan fingerprint density at radius 3 is 2.95 bits per heavy atom. The summed E-state index contributed by atoms with van der Waals surface area (Å²) in [5.74, 6) is -1.32. The highest BCUT2D eigenvalue weighted by Gasteiger charge is 2.13. The Morgan fingerprint density at radius 2 is 2.32 bits per heavy atom. The van der Waals surface area contributed by atoms with Gasteiger partial charge in [-0.25, -0.2) is 9.37 Å². The van der Waals surface area contributed by atoms with Crippen molar-refractivity contribution in [3.63, 3.8) is 0 Å². The predicted molar refractivity (Wildman–Crippen MR) is 74.3 cm³/mol. The Hall–Kier alpha value is -1.34. The van der Waals surface area contributed by atoms with Gasteiger partial charge < -0.3 is 5.11 Å². The van der Waals surface area contributed by atoms with Crippen molar-refractivity contribution in [3.8, 4) is 5.69 Å². The lowest BCUT2D eigenvalue weighted by Crippen LogP contribution is -2.03. The van der Waals surface area contributed by atoms with Gasteiger partial charge in [0.25, 0.3) is 0 Å². The van der Waals surface area contributed by atoms with Crippen LogP contribution in [0.2, 0.25) is 0 Å². The van der Waals surface area contributed by atoms with Gasteiger partial charge in [-0.3, -0.25) is 9.36 Å². The molecule has 2 aromatic rings. The molecule has 7 heteroatoms. The van der Waals surface area contributed by atoms with Crippen LogP contribution in [0.5, 0.6) is 0 Å². The Morgan fingerprint density at radius 1 is 1.58 bits per heavy atom. The maximum Gasteiger partial charge on any atom is 0.313 e. The number of nitrogens with zero attached hydrogens (tertiary/aromatic N) is 2. The molecule has 0 aliphatic carbocycles. The molecule has 0 fully saturated rings. The lowest BCUT2D eigenvalue weighted by atomic mass is 10.3. The highest BCUT2D eigenvalue weighted by Crippen LogP contribution is 2.28. The fourth-order valence-corrected chi connectivity index (χ4v) is 2.88. The van der Waals surface area contributed by atoms with Crippen LogP contribution in [0.3, 0.4) is 0 Å². The van der Waals surface area contributed by atoms with Crippen molar-refractivity contribution in [1.29, 1.82) is 0 Å². The third kappa shape index (κ3) is 3.16. The van der Waals surface area contributed by atoms with E-state index in [-0.39, 0.29) is 11.6 Å². The van der Waals surface area contributed by atoms with E-state index in [0.717, 1.165) is 23.1 Å². The minimum absolute atomic E-state index is 0.0741. The molecule has 0 aliphatic heterocycles. The quantitative estimate of drug-likeness (QED) is 0.865. The number of carboxylic acids is 1. The van der Waals surface area contributed by atoms with Gasteiger partial charge in [0.1, 0.15) is 5.82 Å². The molecule has 0 amide bonds. The van der Waals surface area contributed by atoms with Gasteiger partial charge in [0, 0.05) is 16.4 Å². The van der Waals surface area contributed by atoms with Gasteiger partial charge in [-0.05, 0) is 41.1 Å². The van der Waals surface area contributed by atoms with Gasteiger partial charge in [0.2, 0.25) is 0 Å². The van der Waals surface area contributed by atoms with Crippen LogP contribution in [0.1, 0.15) is 5.69 Å². The molecule has 0 spiro atoms. The summed E-state index contributed by atoms with van der Waals surface area (Å²) >= 11 is 4.42. The summed E-state index contributed by atoms with van der Waals surface area (Å²) in [6.07, 6.45) is 1.65. The number of hydrogen-bond acceptors (Lipinski definition) is 3. The minimum atomic E-state index is -0.907. The highest BCUT2D eigenvalue weighted by molar-refractivity contribution is 9.10. The van der Waals surface area contributed by atoms with E-state index < -0.39 is 5.97 Å². The summed E-state index contributed by atoms with van der Waals surface area (Å²) in [5.41, 5.74) is 1.57. The molecule has 1 N–H and O–H groups in total. The Kier molecular flexibility index (Phi) is 4.26. The van der Waals surface area contributed by atoms with Crippen molar-refractivity contribution >= 4 is 33.7 Å². The number of carbonyl (C=O) groups is 1. The molecule has 0 saturated heterocycles. The Bertz CT molecular complexity index is 630. The van der Waals surface area contributed by atoms with Gasteiger partial charge in [0.05, 0.1) is 11.4 Å². The molecule has 0 atom stereocenters. The molecular formula is C12H10BrFN2O2S. The van der Waals surface area contributed by atoms with Crippen molar-refractivity contribution in [3.05, 3.63) is 40.4 Å². The van der Waals surface area contributed by atoms with E-state index in [1.165, 1.54) is 12.1 Å². The summed E-state index contributed by atoms with van der Waals surface area (Å²) in [4.78, 5) is 14.8. The zero-order chi connectivity index (χ0) is 14.0. The molecule has 1 aromatic heterocycles. The second kappa shape index (κ2) is 5.75. The van der Waals surface area contributed by atoms with Crippen LogP contribution in [-0.2, 0) is 4.79 Å². The number of aromatic nitrogens is 2. The summed E-state index contributed by atoms with van der Waals surface area (Å²) in [7, 11) is 0. The first-order chi connectivity index (χ1) is 8.99. The van der Waals surface area contributed by atoms with Crippen LogP contribution in [0.25, 0.3) is 5.69 Å². The second-order valence-corrected chi connectivity index (χ2v) is 5.59. The van der Waals surface area contributed by atoms with Crippen molar-refractivity contribution in [2.75, 3.05) is 5.75 Å². The van der Waals surface area contributed by atoms with Crippen LogP contribution in [0.4, 0.5) is 4.39 Å². The number of benzene rings is 1. The van der Waals surface area contributed by atoms with Crippen LogP contribution in [-0.4, -0.2) is 26.4 Å². The van der Waals surface area contributed by atoms with Crippen LogP contribution in [0, 0.1) is 12.7 Å².